The lowest BCUT2D eigenvalue weighted by molar-refractivity contribution is -0.158. The van der Waals surface area contributed by atoms with Crippen molar-refractivity contribution >= 4 is 5.97 Å². The molecule has 0 aromatic carbocycles. The summed E-state index contributed by atoms with van der Waals surface area (Å²) in [6.07, 6.45) is 8.31. The van der Waals surface area contributed by atoms with E-state index in [9.17, 15) is 20.1 Å². The predicted octanol–water partition coefficient (Wildman–Crippen LogP) is 4.89. The van der Waals surface area contributed by atoms with E-state index in [4.69, 9.17) is 4.74 Å². The van der Waals surface area contributed by atoms with Crippen molar-refractivity contribution in [1.82, 2.24) is 0 Å². The molecule has 1 unspecified atom stereocenters. The first-order chi connectivity index (χ1) is 16.3. The second kappa shape index (κ2) is 9.61. The molecule has 3 saturated carbocycles. The highest BCUT2D eigenvalue weighted by molar-refractivity contribution is 5.66. The molecule has 0 bridgehead atoms. The fourth-order valence-electron chi connectivity index (χ4n) is 8.75. The van der Waals surface area contributed by atoms with Gasteiger partial charge in [-0.15, -0.1) is 0 Å². The summed E-state index contributed by atoms with van der Waals surface area (Å²) in [5.74, 6) is 1.05. The Balaban J connectivity index is 1.72. The Kier molecular flexibility index (Phi) is 7.38. The Morgan fingerprint density at radius 2 is 1.83 bits per heavy atom. The van der Waals surface area contributed by atoms with E-state index < -0.39 is 12.2 Å². The first-order valence-electron chi connectivity index (χ1n) is 13.9. The third-order valence-corrected chi connectivity index (χ3v) is 10.8. The van der Waals surface area contributed by atoms with Crippen LogP contribution in [0.4, 0.5) is 0 Å². The van der Waals surface area contributed by atoms with Crippen molar-refractivity contribution in [2.45, 2.75) is 105 Å². The molecule has 4 aliphatic carbocycles. The molecule has 0 aromatic rings. The van der Waals surface area contributed by atoms with Crippen LogP contribution in [0.5, 0.6) is 0 Å². The Morgan fingerprint density at radius 3 is 2.46 bits per heavy atom. The van der Waals surface area contributed by atoms with Crippen molar-refractivity contribution in [3.05, 3.63) is 23.8 Å². The molecule has 198 valence electrons. The van der Waals surface area contributed by atoms with Crippen molar-refractivity contribution < 1.29 is 24.9 Å². The van der Waals surface area contributed by atoms with Crippen molar-refractivity contribution in [3.8, 4) is 0 Å². The number of rotatable bonds is 5. The SMILES string of the molecule is CC(=O)O[C@H]1C[C@H]2C3[C@H]([C@@H](O)C[C@]2(C)[C@H]1[C@H](C)/C=C/[C@@H](C)C(C)C)[C@@]1(C)CC[C@H](O)CC1=C[C@@H]3O. The fourth-order valence-corrected chi connectivity index (χ4v) is 8.75. The highest BCUT2D eigenvalue weighted by Crippen LogP contribution is 2.67. The molecule has 35 heavy (non-hydrogen) atoms. The molecule has 3 N–H and O–H groups in total. The van der Waals surface area contributed by atoms with E-state index in [-0.39, 0.29) is 58.6 Å². The zero-order chi connectivity index (χ0) is 25.9. The van der Waals surface area contributed by atoms with Gasteiger partial charge in [0.05, 0.1) is 18.3 Å². The normalized spacial score (nSPS) is 47.0. The number of hydrogen-bond donors (Lipinski definition) is 3. The van der Waals surface area contributed by atoms with Crippen LogP contribution in [-0.4, -0.2) is 45.7 Å². The van der Waals surface area contributed by atoms with Crippen LogP contribution < -0.4 is 0 Å². The van der Waals surface area contributed by atoms with E-state index >= 15 is 0 Å². The lowest BCUT2D eigenvalue weighted by Crippen LogP contribution is -2.60. The zero-order valence-electron chi connectivity index (χ0n) is 22.8. The summed E-state index contributed by atoms with van der Waals surface area (Å²) in [6.45, 7) is 14.9. The maximum absolute atomic E-state index is 12.1. The third-order valence-electron chi connectivity index (χ3n) is 10.8. The van der Waals surface area contributed by atoms with Gasteiger partial charge in [0.2, 0.25) is 0 Å². The quantitative estimate of drug-likeness (QED) is 0.379. The Bertz CT molecular complexity index is 863. The number of fused-ring (bicyclic) bond motifs is 5. The standard InChI is InChI=1S/C30H48O5/c1-16(2)17(3)8-9-18(4)27-25(35-19(5)31)14-22-26-23(33)13-20-12-21(32)10-11-29(20,6)28(26)24(34)15-30(22,27)7/h8-9,13,16-18,21-28,32-34H,10-12,14-15H2,1-7H3/b9-8+/t17-,18-,21+,22+,23+,24+,25+,26?,27+,28+,29+,30+/m1/s1. The number of allylic oxidation sites excluding steroid dienone is 2. The van der Waals surface area contributed by atoms with Crippen LogP contribution in [0, 0.1) is 52.3 Å². The molecule has 0 amide bonds. The largest absolute Gasteiger partial charge is 0.462 e. The minimum Gasteiger partial charge on any atom is -0.462 e. The van der Waals surface area contributed by atoms with E-state index in [1.54, 1.807) is 0 Å². The van der Waals surface area contributed by atoms with Gasteiger partial charge in [0, 0.05) is 12.8 Å². The second-order valence-corrected chi connectivity index (χ2v) is 13.2. The minimum atomic E-state index is -0.656. The van der Waals surface area contributed by atoms with Gasteiger partial charge in [0.25, 0.3) is 0 Å². The van der Waals surface area contributed by atoms with Gasteiger partial charge in [-0.3, -0.25) is 4.79 Å². The molecular weight excluding hydrogens is 440 g/mol. The number of hydrogen-bond acceptors (Lipinski definition) is 5. The van der Waals surface area contributed by atoms with Crippen LogP contribution in [0.25, 0.3) is 0 Å². The Hall–Kier alpha value is -1.17. The van der Waals surface area contributed by atoms with Gasteiger partial charge in [0.15, 0.2) is 0 Å². The van der Waals surface area contributed by atoms with Crippen LogP contribution in [0.3, 0.4) is 0 Å². The Morgan fingerprint density at radius 1 is 1.14 bits per heavy atom. The smallest absolute Gasteiger partial charge is 0.302 e. The van der Waals surface area contributed by atoms with Crippen LogP contribution in [0.2, 0.25) is 0 Å². The number of carbonyl (C=O) groups is 1. The topological polar surface area (TPSA) is 87.0 Å². The van der Waals surface area contributed by atoms with Gasteiger partial charge in [-0.1, -0.05) is 65.3 Å². The summed E-state index contributed by atoms with van der Waals surface area (Å²) in [5, 5.41) is 33.5. The summed E-state index contributed by atoms with van der Waals surface area (Å²) in [7, 11) is 0. The van der Waals surface area contributed by atoms with E-state index in [1.807, 2.05) is 6.08 Å². The zero-order valence-corrected chi connectivity index (χ0v) is 22.8. The molecule has 0 spiro atoms. The maximum Gasteiger partial charge on any atom is 0.302 e. The van der Waals surface area contributed by atoms with Gasteiger partial charge < -0.3 is 20.1 Å². The number of aliphatic hydroxyl groups is 3. The summed E-state index contributed by atoms with van der Waals surface area (Å²) in [6, 6.07) is 0. The van der Waals surface area contributed by atoms with Crippen LogP contribution in [-0.2, 0) is 9.53 Å². The van der Waals surface area contributed by atoms with E-state index in [0.717, 1.165) is 24.8 Å². The lowest BCUT2D eigenvalue weighted by Gasteiger charge is -2.60. The van der Waals surface area contributed by atoms with Gasteiger partial charge >= 0.3 is 5.97 Å². The third kappa shape index (κ3) is 4.55. The number of aliphatic hydroxyl groups excluding tert-OH is 3. The van der Waals surface area contributed by atoms with Crippen molar-refractivity contribution in [2.75, 3.05) is 0 Å². The Labute approximate surface area is 212 Å². The molecule has 0 radical (unpaired) electrons. The summed E-state index contributed by atoms with van der Waals surface area (Å²) < 4.78 is 5.97. The number of carbonyl (C=O) groups excluding carboxylic acids is 1. The first-order valence-corrected chi connectivity index (χ1v) is 13.9. The molecule has 0 heterocycles. The van der Waals surface area contributed by atoms with Gasteiger partial charge in [0.1, 0.15) is 6.10 Å². The fraction of sp³-hybridized carbons (Fsp3) is 0.833. The highest BCUT2D eigenvalue weighted by atomic mass is 16.5. The molecule has 3 fully saturated rings. The van der Waals surface area contributed by atoms with Crippen LogP contribution >= 0.6 is 0 Å². The van der Waals surface area contributed by atoms with Gasteiger partial charge in [-0.25, -0.2) is 0 Å². The van der Waals surface area contributed by atoms with Crippen LogP contribution in [0.1, 0.15) is 80.6 Å². The summed E-state index contributed by atoms with van der Waals surface area (Å²) in [5.41, 5.74) is 0.650. The predicted molar refractivity (Wildman–Crippen MR) is 137 cm³/mol. The monoisotopic (exact) mass is 488 g/mol. The number of esters is 1. The van der Waals surface area contributed by atoms with Gasteiger partial charge in [-0.2, -0.15) is 0 Å². The maximum atomic E-state index is 12.1. The molecule has 5 nitrogen and oxygen atoms in total. The van der Waals surface area contributed by atoms with E-state index in [1.165, 1.54) is 6.92 Å². The average molecular weight is 489 g/mol. The molecule has 0 aromatic heterocycles. The van der Waals surface area contributed by atoms with Crippen LogP contribution in [0.15, 0.2) is 23.8 Å². The van der Waals surface area contributed by atoms with Gasteiger partial charge in [-0.05, 0) is 78.4 Å². The van der Waals surface area contributed by atoms with Crippen molar-refractivity contribution in [2.24, 2.45) is 52.3 Å². The molecule has 5 heteroatoms. The molecular formula is C30H48O5. The summed E-state index contributed by atoms with van der Waals surface area (Å²) in [4.78, 5) is 12.1. The summed E-state index contributed by atoms with van der Waals surface area (Å²) >= 11 is 0. The number of ether oxygens (including phenoxy) is 1. The molecule has 0 aliphatic heterocycles. The molecule has 12 atom stereocenters. The molecule has 0 saturated heterocycles. The molecule has 4 aliphatic rings. The van der Waals surface area contributed by atoms with Crippen molar-refractivity contribution in [1.29, 1.82) is 0 Å². The highest BCUT2D eigenvalue weighted by Gasteiger charge is 2.66. The minimum absolute atomic E-state index is 0.0494. The first kappa shape index (κ1) is 26.9. The second-order valence-electron chi connectivity index (χ2n) is 13.2. The molecule has 4 rings (SSSR count). The average Bonchev–Trinajstić information content (AvgIpc) is 3.03. The van der Waals surface area contributed by atoms with E-state index in [0.29, 0.717) is 24.7 Å². The van der Waals surface area contributed by atoms with E-state index in [2.05, 4.69) is 53.7 Å². The lowest BCUT2D eigenvalue weighted by atomic mass is 9.45. The van der Waals surface area contributed by atoms with Crippen molar-refractivity contribution in [3.63, 3.8) is 0 Å².